The van der Waals surface area contributed by atoms with E-state index in [9.17, 15) is 19.8 Å². The fourth-order valence-electron chi connectivity index (χ4n) is 1.79. The molecule has 116 valence electrons. The Bertz CT molecular complexity index is 532. The van der Waals surface area contributed by atoms with Gasteiger partial charge < -0.3 is 30.5 Å². The van der Waals surface area contributed by atoms with Crippen LogP contribution in [0.25, 0.3) is 0 Å². The summed E-state index contributed by atoms with van der Waals surface area (Å²) < 4.78 is 0. The number of carboxylic acid groups (broad SMARTS) is 1. The lowest BCUT2D eigenvalue weighted by molar-refractivity contribution is -0.308. The van der Waals surface area contributed by atoms with E-state index >= 15 is 0 Å². The number of amides is 1. The molecule has 2 heterocycles. The number of aromatic nitrogens is 1. The largest absolute Gasteiger partial charge is 0.548 e. The maximum absolute atomic E-state index is 10.4. The number of carboxylic acids is 1. The van der Waals surface area contributed by atoms with E-state index in [0.29, 0.717) is 29.7 Å². The molecule has 21 heavy (non-hydrogen) atoms. The molecule has 1 saturated heterocycles. The zero-order valence-corrected chi connectivity index (χ0v) is 11.5. The summed E-state index contributed by atoms with van der Waals surface area (Å²) in [6.45, 7) is 1.12. The zero-order valence-electron chi connectivity index (χ0n) is 11.5. The highest BCUT2D eigenvalue weighted by Crippen LogP contribution is 2.23. The van der Waals surface area contributed by atoms with Crippen molar-refractivity contribution in [1.82, 2.24) is 10.3 Å². The van der Waals surface area contributed by atoms with Crippen LogP contribution in [0, 0.1) is 6.92 Å². The van der Waals surface area contributed by atoms with Crippen molar-refractivity contribution in [3.8, 4) is 5.75 Å². The quantitative estimate of drug-likeness (QED) is 0.510. The number of hydrogen-bond donors (Lipinski definition) is 4. The molecule has 8 heteroatoms. The van der Waals surface area contributed by atoms with Crippen LogP contribution in [0.1, 0.15) is 29.7 Å². The predicted octanol–water partition coefficient (Wildman–Crippen LogP) is -1.90. The number of nitrogens with one attached hydrogen (secondary N) is 1. The molecule has 0 unspecified atom stereocenters. The molecule has 1 atom stereocenters. The third-order valence-electron chi connectivity index (χ3n) is 3.04. The first-order valence-corrected chi connectivity index (χ1v) is 6.29. The number of carbonyl (C=O) groups is 2. The van der Waals surface area contributed by atoms with Gasteiger partial charge in [0.05, 0.1) is 30.9 Å². The van der Waals surface area contributed by atoms with Crippen molar-refractivity contribution < 1.29 is 30.0 Å². The summed E-state index contributed by atoms with van der Waals surface area (Å²) in [5, 5.41) is 39.3. The molecule has 0 aliphatic carbocycles. The molecule has 4 N–H and O–H groups in total. The average molecular weight is 297 g/mol. The Morgan fingerprint density at radius 2 is 2.14 bits per heavy atom. The number of carbonyl (C=O) groups excluding carboxylic acids is 2. The molecule has 0 radical (unpaired) electrons. The van der Waals surface area contributed by atoms with E-state index in [1.807, 2.05) is 0 Å². The van der Waals surface area contributed by atoms with Crippen LogP contribution in [0.2, 0.25) is 0 Å². The third-order valence-corrected chi connectivity index (χ3v) is 3.04. The molecular weight excluding hydrogens is 280 g/mol. The number of aryl methyl sites for hydroxylation is 1. The summed E-state index contributed by atoms with van der Waals surface area (Å²) in [7, 11) is 0. The van der Waals surface area contributed by atoms with Crippen molar-refractivity contribution in [1.29, 1.82) is 0 Å². The fraction of sp³-hybridized carbons (Fsp3) is 0.462. The number of nitrogens with zero attached hydrogens (tertiary/aromatic N) is 1. The van der Waals surface area contributed by atoms with Crippen LogP contribution in [-0.4, -0.2) is 38.2 Å². The summed E-state index contributed by atoms with van der Waals surface area (Å²) >= 11 is 0. The Kier molecular flexibility index (Phi) is 6.07. The van der Waals surface area contributed by atoms with E-state index in [2.05, 4.69) is 10.3 Å². The number of pyridine rings is 1. The average Bonchev–Trinajstić information content (AvgIpc) is 2.89. The second kappa shape index (κ2) is 7.55. The Balaban J connectivity index is 0.000000219. The SMILES string of the molecule is Cc1ncc(CO)c(CO)c1O.O=C1CC[C@@H](C(=O)[O-])N1. The van der Waals surface area contributed by atoms with E-state index in [1.54, 1.807) is 6.92 Å². The summed E-state index contributed by atoms with van der Waals surface area (Å²) in [5.74, 6) is -1.44. The van der Waals surface area contributed by atoms with E-state index in [0.717, 1.165) is 0 Å². The van der Waals surface area contributed by atoms with Gasteiger partial charge in [-0.1, -0.05) is 0 Å². The molecule has 1 amide bonds. The molecule has 0 spiro atoms. The Morgan fingerprint density at radius 3 is 2.52 bits per heavy atom. The third kappa shape index (κ3) is 4.40. The molecule has 2 rings (SSSR count). The van der Waals surface area contributed by atoms with Crippen molar-refractivity contribution in [3.63, 3.8) is 0 Å². The Labute approximate surface area is 121 Å². The Morgan fingerprint density at radius 1 is 1.48 bits per heavy atom. The van der Waals surface area contributed by atoms with Gasteiger partial charge in [-0.25, -0.2) is 0 Å². The number of hydrogen-bond acceptors (Lipinski definition) is 7. The normalized spacial score (nSPS) is 16.9. The molecule has 8 nitrogen and oxygen atoms in total. The van der Waals surface area contributed by atoms with E-state index in [4.69, 9.17) is 10.2 Å². The van der Waals surface area contributed by atoms with Crippen LogP contribution >= 0.6 is 0 Å². The first-order chi connectivity index (χ1) is 9.90. The molecule has 0 aromatic carbocycles. The molecule has 1 fully saturated rings. The van der Waals surface area contributed by atoms with Gasteiger partial charge in [0.2, 0.25) is 5.91 Å². The zero-order chi connectivity index (χ0) is 16.0. The minimum absolute atomic E-state index is 0.0379. The van der Waals surface area contributed by atoms with Gasteiger partial charge in [-0.3, -0.25) is 9.78 Å². The highest BCUT2D eigenvalue weighted by atomic mass is 16.4. The number of aromatic hydroxyl groups is 1. The highest BCUT2D eigenvalue weighted by Gasteiger charge is 2.20. The monoisotopic (exact) mass is 297 g/mol. The van der Waals surface area contributed by atoms with E-state index in [1.165, 1.54) is 6.20 Å². The topological polar surface area (TPSA) is 143 Å². The van der Waals surface area contributed by atoms with E-state index in [-0.39, 0.29) is 24.9 Å². The lowest BCUT2D eigenvalue weighted by Gasteiger charge is -2.08. The lowest BCUT2D eigenvalue weighted by Crippen LogP contribution is -2.42. The van der Waals surface area contributed by atoms with Crippen molar-refractivity contribution in [3.05, 3.63) is 23.0 Å². The minimum Gasteiger partial charge on any atom is -0.548 e. The first-order valence-electron chi connectivity index (χ1n) is 6.29. The van der Waals surface area contributed by atoms with Crippen LogP contribution < -0.4 is 10.4 Å². The van der Waals surface area contributed by atoms with Gasteiger partial charge >= 0.3 is 0 Å². The van der Waals surface area contributed by atoms with Crippen molar-refractivity contribution in [2.24, 2.45) is 0 Å². The van der Waals surface area contributed by atoms with Gasteiger partial charge in [-0.05, 0) is 13.3 Å². The summed E-state index contributed by atoms with van der Waals surface area (Å²) in [4.78, 5) is 24.2. The summed E-state index contributed by atoms with van der Waals surface area (Å²) in [6.07, 6.45) is 2.11. The van der Waals surface area contributed by atoms with Gasteiger partial charge in [0, 0.05) is 23.7 Å². The smallest absolute Gasteiger partial charge is 0.220 e. The maximum Gasteiger partial charge on any atom is 0.220 e. The van der Waals surface area contributed by atoms with Crippen molar-refractivity contribution in [2.45, 2.75) is 39.0 Å². The van der Waals surface area contributed by atoms with Gasteiger partial charge in [-0.15, -0.1) is 0 Å². The molecule has 1 aliphatic heterocycles. The van der Waals surface area contributed by atoms with Crippen molar-refractivity contribution in [2.75, 3.05) is 0 Å². The number of aliphatic carboxylic acids is 1. The number of aliphatic hydroxyl groups excluding tert-OH is 2. The van der Waals surface area contributed by atoms with Gasteiger partial charge in [0.25, 0.3) is 0 Å². The Hall–Kier alpha value is -2.19. The summed E-state index contributed by atoms with van der Waals surface area (Å²) in [6, 6.07) is -0.752. The van der Waals surface area contributed by atoms with Crippen LogP contribution in [0.3, 0.4) is 0 Å². The maximum atomic E-state index is 10.4. The molecule has 1 aromatic heterocycles. The van der Waals surface area contributed by atoms with Crippen LogP contribution in [0.15, 0.2) is 6.20 Å². The molecular formula is C13H17N2O6-. The summed E-state index contributed by atoms with van der Waals surface area (Å²) in [5.41, 5.74) is 1.27. The standard InChI is InChI=1S/C8H11NO3.C5H7NO3/c1-5-8(12)7(4-11)6(3-10)2-9-5;7-4-2-1-3(6-4)5(8)9/h2,10-12H,3-4H2,1H3;3H,1-2H2,(H,6,7)(H,8,9)/p-1/t;3-/m.0/s1. The van der Waals surface area contributed by atoms with E-state index < -0.39 is 12.0 Å². The minimum atomic E-state index is -1.19. The number of rotatable bonds is 3. The van der Waals surface area contributed by atoms with Crippen LogP contribution in [-0.2, 0) is 22.8 Å². The van der Waals surface area contributed by atoms with Crippen LogP contribution in [0.4, 0.5) is 0 Å². The lowest BCUT2D eigenvalue weighted by atomic mass is 10.1. The molecule has 0 saturated carbocycles. The predicted molar refractivity (Wildman–Crippen MR) is 68.7 cm³/mol. The van der Waals surface area contributed by atoms with Gasteiger partial charge in [-0.2, -0.15) is 0 Å². The molecule has 0 bridgehead atoms. The number of aliphatic hydroxyl groups is 2. The second-order valence-electron chi connectivity index (χ2n) is 4.49. The fourth-order valence-corrected chi connectivity index (χ4v) is 1.79. The van der Waals surface area contributed by atoms with Gasteiger partial charge in [0.15, 0.2) is 0 Å². The van der Waals surface area contributed by atoms with Crippen molar-refractivity contribution >= 4 is 11.9 Å². The first kappa shape index (κ1) is 16.9. The highest BCUT2D eigenvalue weighted by molar-refractivity contribution is 5.86. The van der Waals surface area contributed by atoms with Gasteiger partial charge in [0.1, 0.15) is 5.75 Å². The molecule has 1 aromatic rings. The molecule has 1 aliphatic rings. The van der Waals surface area contributed by atoms with Crippen LogP contribution in [0.5, 0.6) is 5.75 Å². The second-order valence-corrected chi connectivity index (χ2v) is 4.49.